The van der Waals surface area contributed by atoms with E-state index in [1.807, 2.05) is 12.1 Å². The number of carbonyl (C=O) groups is 2. The molecule has 2 aliphatic heterocycles. The van der Waals surface area contributed by atoms with Gasteiger partial charge < -0.3 is 15.5 Å². The summed E-state index contributed by atoms with van der Waals surface area (Å²) in [5.74, 6) is 0.474. The molecule has 0 unspecified atom stereocenters. The van der Waals surface area contributed by atoms with Crippen LogP contribution in [0.4, 0.5) is 15.9 Å². The van der Waals surface area contributed by atoms with E-state index in [0.29, 0.717) is 42.4 Å². The molecule has 2 aromatic heterocycles. The summed E-state index contributed by atoms with van der Waals surface area (Å²) in [6.07, 6.45) is 5.80. The molecule has 5 rings (SSSR count). The predicted octanol–water partition coefficient (Wildman–Crippen LogP) is 3.36. The van der Waals surface area contributed by atoms with Crippen LogP contribution in [-0.4, -0.2) is 44.3 Å². The second-order valence-corrected chi connectivity index (χ2v) is 8.22. The first-order valence-corrected chi connectivity index (χ1v) is 11.0. The molecule has 33 heavy (non-hydrogen) atoms. The molecular weight excluding hydrogens is 423 g/mol. The van der Waals surface area contributed by atoms with Crippen molar-refractivity contribution >= 4 is 23.3 Å². The van der Waals surface area contributed by atoms with Gasteiger partial charge in [0.2, 0.25) is 11.8 Å². The fourth-order valence-electron chi connectivity index (χ4n) is 4.36. The third-order valence-electron chi connectivity index (χ3n) is 5.94. The highest BCUT2D eigenvalue weighted by atomic mass is 19.1. The number of aromatic nitrogens is 3. The van der Waals surface area contributed by atoms with E-state index < -0.39 is 6.04 Å². The topological polar surface area (TPSA) is 100 Å². The third kappa shape index (κ3) is 4.52. The minimum Gasteiger partial charge on any atom is -0.344 e. The van der Waals surface area contributed by atoms with E-state index >= 15 is 0 Å². The molecule has 0 bridgehead atoms. The second kappa shape index (κ2) is 8.93. The molecule has 2 fully saturated rings. The summed E-state index contributed by atoms with van der Waals surface area (Å²) < 4.78 is 13.7. The Morgan fingerprint density at radius 3 is 2.73 bits per heavy atom. The first-order valence-electron chi connectivity index (χ1n) is 11.0. The summed E-state index contributed by atoms with van der Waals surface area (Å²) in [7, 11) is 0. The second-order valence-electron chi connectivity index (χ2n) is 8.22. The number of nitrogens with zero attached hydrogens (tertiary/aromatic N) is 4. The van der Waals surface area contributed by atoms with Crippen LogP contribution in [-0.2, 0) is 9.59 Å². The van der Waals surface area contributed by atoms with E-state index in [2.05, 4.69) is 15.6 Å². The van der Waals surface area contributed by atoms with Crippen LogP contribution in [0.25, 0.3) is 11.3 Å². The lowest BCUT2D eigenvalue weighted by Crippen LogP contribution is -2.44. The van der Waals surface area contributed by atoms with Crippen LogP contribution in [0.15, 0.2) is 54.9 Å². The number of nitrogens with one attached hydrogen (secondary N) is 2. The number of benzene rings is 1. The van der Waals surface area contributed by atoms with Gasteiger partial charge in [-0.3, -0.25) is 14.6 Å². The van der Waals surface area contributed by atoms with Gasteiger partial charge in [-0.2, -0.15) is 0 Å². The minimum absolute atomic E-state index is 0.0957. The highest BCUT2D eigenvalue weighted by molar-refractivity contribution is 5.91. The molecule has 1 aromatic carbocycles. The fourth-order valence-corrected chi connectivity index (χ4v) is 4.36. The van der Waals surface area contributed by atoms with Crippen LogP contribution >= 0.6 is 0 Å². The van der Waals surface area contributed by atoms with Crippen molar-refractivity contribution in [2.75, 3.05) is 11.9 Å². The van der Waals surface area contributed by atoms with E-state index in [1.165, 1.54) is 12.1 Å². The van der Waals surface area contributed by atoms with Crippen molar-refractivity contribution < 1.29 is 14.0 Å². The lowest BCUT2D eigenvalue weighted by atomic mass is 10.1. The summed E-state index contributed by atoms with van der Waals surface area (Å²) in [5.41, 5.74) is 2.10. The maximum absolute atomic E-state index is 13.7. The molecule has 0 spiro atoms. The zero-order valence-electron chi connectivity index (χ0n) is 17.9. The first kappa shape index (κ1) is 21.0. The summed E-state index contributed by atoms with van der Waals surface area (Å²) in [5, 5.41) is 5.92. The van der Waals surface area contributed by atoms with E-state index in [-0.39, 0.29) is 23.7 Å². The zero-order valence-corrected chi connectivity index (χ0v) is 17.9. The zero-order chi connectivity index (χ0) is 22.8. The van der Waals surface area contributed by atoms with Crippen molar-refractivity contribution in [1.29, 1.82) is 0 Å². The third-order valence-corrected chi connectivity index (χ3v) is 5.94. The van der Waals surface area contributed by atoms with Gasteiger partial charge in [0, 0.05) is 42.7 Å². The molecule has 2 amide bonds. The van der Waals surface area contributed by atoms with Crippen molar-refractivity contribution in [2.24, 2.45) is 0 Å². The van der Waals surface area contributed by atoms with Gasteiger partial charge in [-0.25, -0.2) is 14.4 Å². The number of pyridine rings is 1. The lowest BCUT2D eigenvalue weighted by Gasteiger charge is -2.27. The van der Waals surface area contributed by atoms with Crippen LogP contribution in [0.2, 0.25) is 0 Å². The summed E-state index contributed by atoms with van der Waals surface area (Å²) in [4.78, 5) is 40.1. The van der Waals surface area contributed by atoms with E-state index in [9.17, 15) is 14.0 Å². The number of hydrogen-bond donors (Lipinski definition) is 2. The number of hydrogen-bond acceptors (Lipinski definition) is 6. The lowest BCUT2D eigenvalue weighted by molar-refractivity contribution is -0.135. The number of anilines is 2. The van der Waals surface area contributed by atoms with Crippen molar-refractivity contribution in [3.05, 3.63) is 66.5 Å². The molecular formula is C24H23FN6O2. The van der Waals surface area contributed by atoms with E-state index in [0.717, 1.165) is 18.4 Å². The van der Waals surface area contributed by atoms with Crippen molar-refractivity contribution in [3.8, 4) is 11.3 Å². The molecule has 4 heterocycles. The molecule has 0 aliphatic carbocycles. The van der Waals surface area contributed by atoms with Gasteiger partial charge >= 0.3 is 0 Å². The van der Waals surface area contributed by atoms with Gasteiger partial charge in [-0.1, -0.05) is 6.07 Å². The normalized spacial score (nSPS) is 20.0. The smallest absolute Gasteiger partial charge is 0.245 e. The summed E-state index contributed by atoms with van der Waals surface area (Å²) >= 11 is 0. The molecule has 2 aliphatic rings. The molecule has 9 heteroatoms. The maximum atomic E-state index is 13.7. The Kier molecular flexibility index (Phi) is 5.68. The molecule has 3 aromatic rings. The van der Waals surface area contributed by atoms with Crippen molar-refractivity contribution in [3.63, 3.8) is 0 Å². The number of amides is 2. The molecule has 0 saturated carbocycles. The minimum atomic E-state index is -0.494. The standard InChI is InChI=1S/C24H23FN6O2/c25-16-3-1-4-17(13-16)27-21-14-19(15-8-10-26-11-9-15)29-23(30-21)20-5-2-12-31(20)24(33)18-6-7-22(32)28-18/h1,3-4,8-11,13-14,18,20H,2,5-7,12H2,(H,28,32)(H,27,29,30)/t18-,20-/m1/s1. The van der Waals surface area contributed by atoms with Gasteiger partial charge in [-0.15, -0.1) is 0 Å². The van der Waals surface area contributed by atoms with E-state index in [4.69, 9.17) is 9.97 Å². The number of halogens is 1. The Morgan fingerprint density at radius 2 is 1.97 bits per heavy atom. The highest BCUT2D eigenvalue weighted by Gasteiger charge is 2.38. The number of carbonyl (C=O) groups excluding carboxylic acids is 2. The Balaban J connectivity index is 1.50. The maximum Gasteiger partial charge on any atom is 0.245 e. The van der Waals surface area contributed by atoms with E-state index in [1.54, 1.807) is 35.5 Å². The molecule has 2 saturated heterocycles. The molecule has 168 valence electrons. The molecule has 2 atom stereocenters. The molecule has 2 N–H and O–H groups in total. The molecule has 8 nitrogen and oxygen atoms in total. The number of rotatable bonds is 5. The Hall–Kier alpha value is -3.88. The summed E-state index contributed by atoms with van der Waals surface area (Å²) in [6, 6.07) is 10.8. The van der Waals surface area contributed by atoms with Gasteiger partial charge in [0.05, 0.1) is 11.7 Å². The fraction of sp³-hybridized carbons (Fsp3) is 0.292. The van der Waals surface area contributed by atoms with Gasteiger partial charge in [0.15, 0.2) is 5.82 Å². The van der Waals surface area contributed by atoms with Crippen LogP contribution in [0.3, 0.4) is 0 Å². The monoisotopic (exact) mass is 446 g/mol. The Bertz CT molecular complexity index is 1190. The predicted molar refractivity (Wildman–Crippen MR) is 120 cm³/mol. The average Bonchev–Trinajstić information content (AvgIpc) is 3.48. The Labute approximate surface area is 190 Å². The van der Waals surface area contributed by atoms with Gasteiger partial charge in [0.1, 0.15) is 17.7 Å². The van der Waals surface area contributed by atoms with Crippen LogP contribution < -0.4 is 10.6 Å². The molecule has 0 radical (unpaired) electrons. The Morgan fingerprint density at radius 1 is 1.12 bits per heavy atom. The van der Waals surface area contributed by atoms with Crippen LogP contribution in [0.1, 0.15) is 37.5 Å². The first-order chi connectivity index (χ1) is 16.1. The van der Waals surface area contributed by atoms with Gasteiger partial charge in [0.25, 0.3) is 0 Å². The summed E-state index contributed by atoms with van der Waals surface area (Å²) in [6.45, 7) is 0.589. The average molecular weight is 446 g/mol. The quantitative estimate of drug-likeness (QED) is 0.623. The highest BCUT2D eigenvalue weighted by Crippen LogP contribution is 2.33. The van der Waals surface area contributed by atoms with Crippen LogP contribution in [0.5, 0.6) is 0 Å². The van der Waals surface area contributed by atoms with Crippen LogP contribution in [0, 0.1) is 5.82 Å². The van der Waals surface area contributed by atoms with Gasteiger partial charge in [-0.05, 0) is 49.6 Å². The number of likely N-dealkylation sites (tertiary alicyclic amines) is 1. The van der Waals surface area contributed by atoms with Crippen molar-refractivity contribution in [1.82, 2.24) is 25.2 Å². The largest absolute Gasteiger partial charge is 0.344 e. The SMILES string of the molecule is O=C1CC[C@H](C(=O)N2CCC[C@@H]2c2nc(Nc3cccc(F)c3)cc(-c3ccncc3)n2)N1. The van der Waals surface area contributed by atoms with Crippen molar-refractivity contribution in [2.45, 2.75) is 37.8 Å².